The highest BCUT2D eigenvalue weighted by Gasteiger charge is 2.35. The number of likely N-dealkylation sites (N-methyl/N-ethyl adjacent to an activating group) is 1. The van der Waals surface area contributed by atoms with Gasteiger partial charge in [-0.2, -0.15) is 5.10 Å². The van der Waals surface area contributed by atoms with Crippen LogP contribution >= 0.6 is 11.3 Å². The molecule has 1 saturated heterocycles. The number of nitrogens with one attached hydrogen (secondary N) is 2. The Labute approximate surface area is 219 Å². The Morgan fingerprint density at radius 2 is 1.97 bits per heavy atom. The number of amides is 1. The molecule has 0 saturated carbocycles. The largest absolute Gasteiger partial charge is 0.489 e. The number of ether oxygens (including phenoxy) is 1. The molecule has 37 heavy (non-hydrogen) atoms. The molecule has 4 aromatic rings. The SMILES string of the molecule is CC(C)Cc1cc(COc2ccc(C(=O)NC3CN(C)C[C@@H]3c3n[nH]c(=O)s3)cc2)c2ccccc2n1. The van der Waals surface area contributed by atoms with Gasteiger partial charge in [0, 0.05) is 41.2 Å². The molecule has 0 spiro atoms. The average Bonchev–Trinajstić information content (AvgIpc) is 3.47. The summed E-state index contributed by atoms with van der Waals surface area (Å²) in [7, 11) is 2.00. The number of carbonyl (C=O) groups is 1. The number of fused-ring (bicyclic) bond motifs is 1. The molecule has 1 unspecified atom stereocenters. The van der Waals surface area contributed by atoms with Crippen LogP contribution in [0.25, 0.3) is 10.9 Å². The summed E-state index contributed by atoms with van der Waals surface area (Å²) in [6, 6.07) is 17.4. The Balaban J connectivity index is 1.25. The molecule has 8 nitrogen and oxygen atoms in total. The van der Waals surface area contributed by atoms with Crippen molar-refractivity contribution in [3.63, 3.8) is 0 Å². The summed E-state index contributed by atoms with van der Waals surface area (Å²) >= 11 is 1.10. The third-order valence-corrected chi connectivity index (χ3v) is 7.45. The molecular weight excluding hydrogens is 486 g/mol. The highest BCUT2D eigenvalue weighted by Crippen LogP contribution is 2.27. The zero-order chi connectivity index (χ0) is 25.9. The van der Waals surface area contributed by atoms with Gasteiger partial charge in [0.15, 0.2) is 0 Å². The molecule has 1 aliphatic heterocycles. The van der Waals surface area contributed by atoms with Crippen LogP contribution in [0.15, 0.2) is 59.4 Å². The first-order valence-electron chi connectivity index (χ1n) is 12.5. The van der Waals surface area contributed by atoms with Gasteiger partial charge >= 0.3 is 4.87 Å². The number of hydrogen-bond donors (Lipinski definition) is 2. The van der Waals surface area contributed by atoms with Crippen molar-refractivity contribution in [2.24, 2.45) is 5.92 Å². The molecule has 2 atom stereocenters. The number of carbonyl (C=O) groups excluding carboxylic acids is 1. The average molecular weight is 518 g/mol. The zero-order valence-corrected chi connectivity index (χ0v) is 22.0. The number of rotatable bonds is 8. The fraction of sp³-hybridized carbons (Fsp3) is 0.357. The molecule has 9 heteroatoms. The summed E-state index contributed by atoms with van der Waals surface area (Å²) in [5.74, 6) is 1.04. The molecular formula is C28H31N5O3S. The van der Waals surface area contributed by atoms with Crippen molar-refractivity contribution in [3.8, 4) is 5.75 Å². The zero-order valence-electron chi connectivity index (χ0n) is 21.2. The summed E-state index contributed by atoms with van der Waals surface area (Å²) in [5.41, 5.74) is 3.70. The van der Waals surface area contributed by atoms with E-state index in [4.69, 9.17) is 9.72 Å². The van der Waals surface area contributed by atoms with Gasteiger partial charge in [0.05, 0.1) is 11.6 Å². The van der Waals surface area contributed by atoms with Crippen LogP contribution in [0, 0.1) is 5.92 Å². The third-order valence-electron chi connectivity index (χ3n) is 6.57. The van der Waals surface area contributed by atoms with Crippen LogP contribution in [-0.4, -0.2) is 52.2 Å². The summed E-state index contributed by atoms with van der Waals surface area (Å²) in [5, 5.41) is 11.6. The van der Waals surface area contributed by atoms with E-state index in [1.54, 1.807) is 12.1 Å². The van der Waals surface area contributed by atoms with Crippen LogP contribution in [-0.2, 0) is 13.0 Å². The first-order chi connectivity index (χ1) is 17.9. The summed E-state index contributed by atoms with van der Waals surface area (Å²) in [4.78, 5) is 31.3. The quantitative estimate of drug-likeness (QED) is 0.367. The van der Waals surface area contributed by atoms with Gasteiger partial charge in [0.1, 0.15) is 17.4 Å². The number of hydrogen-bond acceptors (Lipinski definition) is 7. The van der Waals surface area contributed by atoms with Crippen molar-refractivity contribution >= 4 is 28.1 Å². The first kappa shape index (κ1) is 25.1. The Morgan fingerprint density at radius 1 is 1.19 bits per heavy atom. The van der Waals surface area contributed by atoms with E-state index in [0.717, 1.165) is 51.5 Å². The highest BCUT2D eigenvalue weighted by atomic mass is 32.1. The van der Waals surface area contributed by atoms with Gasteiger partial charge in [-0.3, -0.25) is 14.6 Å². The lowest BCUT2D eigenvalue weighted by atomic mass is 10.0. The number of pyridine rings is 1. The summed E-state index contributed by atoms with van der Waals surface area (Å²) in [6.07, 6.45) is 0.915. The lowest BCUT2D eigenvalue weighted by Gasteiger charge is -2.18. The lowest BCUT2D eigenvalue weighted by molar-refractivity contribution is 0.0935. The normalized spacial score (nSPS) is 17.9. The van der Waals surface area contributed by atoms with Gasteiger partial charge in [-0.1, -0.05) is 43.4 Å². The fourth-order valence-corrected chi connectivity index (χ4v) is 5.63. The van der Waals surface area contributed by atoms with Crippen LogP contribution in [0.1, 0.15) is 46.4 Å². The van der Waals surface area contributed by atoms with E-state index in [0.29, 0.717) is 30.4 Å². The van der Waals surface area contributed by atoms with Crippen LogP contribution < -0.4 is 14.9 Å². The maximum absolute atomic E-state index is 13.0. The van der Waals surface area contributed by atoms with E-state index in [1.165, 1.54) is 0 Å². The maximum Gasteiger partial charge on any atom is 0.322 e. The van der Waals surface area contributed by atoms with Gasteiger partial charge < -0.3 is 15.0 Å². The number of benzene rings is 2. The van der Waals surface area contributed by atoms with Gasteiger partial charge in [-0.15, -0.1) is 0 Å². The number of nitrogens with zero attached hydrogens (tertiary/aromatic N) is 3. The molecule has 2 N–H and O–H groups in total. The fourth-order valence-electron chi connectivity index (χ4n) is 4.86. The highest BCUT2D eigenvalue weighted by molar-refractivity contribution is 7.08. The lowest BCUT2D eigenvalue weighted by Crippen LogP contribution is -2.39. The molecule has 5 rings (SSSR count). The topological polar surface area (TPSA) is 100 Å². The predicted molar refractivity (Wildman–Crippen MR) is 145 cm³/mol. The molecule has 3 heterocycles. The van der Waals surface area contributed by atoms with E-state index in [1.807, 2.05) is 37.4 Å². The van der Waals surface area contributed by atoms with Gasteiger partial charge in [-0.05, 0) is 55.8 Å². The van der Waals surface area contributed by atoms with Crippen molar-refractivity contribution in [1.82, 2.24) is 25.4 Å². The van der Waals surface area contributed by atoms with E-state index in [2.05, 4.69) is 46.4 Å². The second-order valence-corrected chi connectivity index (χ2v) is 11.1. The minimum Gasteiger partial charge on any atom is -0.489 e. The van der Waals surface area contributed by atoms with Crippen LogP contribution in [0.3, 0.4) is 0 Å². The van der Waals surface area contributed by atoms with Gasteiger partial charge in [0.25, 0.3) is 5.91 Å². The van der Waals surface area contributed by atoms with Crippen LogP contribution in [0.4, 0.5) is 0 Å². The van der Waals surface area contributed by atoms with Gasteiger partial charge in [0.2, 0.25) is 0 Å². The Bertz CT molecular complexity index is 1450. The van der Waals surface area contributed by atoms with Crippen LogP contribution in [0.5, 0.6) is 5.75 Å². The smallest absolute Gasteiger partial charge is 0.322 e. The first-order valence-corrected chi connectivity index (χ1v) is 13.3. The van der Waals surface area contributed by atoms with E-state index in [9.17, 15) is 9.59 Å². The number of H-pyrrole nitrogens is 1. The number of aromatic nitrogens is 3. The molecule has 0 aliphatic carbocycles. The van der Waals surface area contributed by atoms with E-state index in [-0.39, 0.29) is 22.7 Å². The standard InChI is InChI=1S/C28H31N5O3S/c1-17(2)12-20-13-19(22-6-4-5-7-24(22)29-20)16-36-21-10-8-18(9-11-21)26(34)30-25-15-33(3)14-23(25)27-31-32-28(35)37-27/h4-11,13,17,23,25H,12,14-16H2,1-3H3,(H,30,34)(H,32,35)/t23-,25?/m0/s1. The van der Waals surface area contributed by atoms with Gasteiger partial charge in [-0.25, -0.2) is 5.10 Å². The number of aromatic amines is 1. The minimum atomic E-state index is -0.180. The summed E-state index contributed by atoms with van der Waals surface area (Å²) < 4.78 is 6.11. The predicted octanol–water partition coefficient (Wildman–Crippen LogP) is 3.98. The molecule has 1 fully saturated rings. The van der Waals surface area contributed by atoms with E-state index < -0.39 is 0 Å². The molecule has 2 aromatic heterocycles. The number of likely N-dealkylation sites (tertiary alicyclic amines) is 1. The van der Waals surface area contributed by atoms with Crippen LogP contribution in [0.2, 0.25) is 0 Å². The molecule has 0 bridgehead atoms. The van der Waals surface area contributed by atoms with Crippen molar-refractivity contribution in [2.45, 2.75) is 38.8 Å². The van der Waals surface area contributed by atoms with Crippen molar-refractivity contribution in [2.75, 3.05) is 20.1 Å². The molecule has 1 aliphatic rings. The maximum atomic E-state index is 13.0. The number of para-hydroxylation sites is 1. The van der Waals surface area contributed by atoms with Crippen molar-refractivity contribution < 1.29 is 9.53 Å². The summed E-state index contributed by atoms with van der Waals surface area (Å²) in [6.45, 7) is 6.24. The molecule has 1 amide bonds. The third kappa shape index (κ3) is 5.89. The Morgan fingerprint density at radius 3 is 2.70 bits per heavy atom. The molecule has 2 aromatic carbocycles. The molecule has 0 radical (unpaired) electrons. The second kappa shape index (κ2) is 10.8. The Kier molecular flexibility index (Phi) is 7.34. The minimum absolute atomic E-state index is 0.0173. The van der Waals surface area contributed by atoms with Crippen molar-refractivity contribution in [3.05, 3.63) is 86.1 Å². The second-order valence-electron chi connectivity index (χ2n) is 10.1. The van der Waals surface area contributed by atoms with E-state index >= 15 is 0 Å². The van der Waals surface area contributed by atoms with Crippen molar-refractivity contribution in [1.29, 1.82) is 0 Å². The monoisotopic (exact) mass is 517 g/mol. The Hall–Kier alpha value is -3.56. The molecule has 192 valence electrons.